The maximum Gasteiger partial charge on any atom is 0.335 e. The third-order valence-corrected chi connectivity index (χ3v) is 4.13. The lowest BCUT2D eigenvalue weighted by atomic mass is 10.1. The maximum absolute atomic E-state index is 10.8. The molecule has 5 heteroatoms. The van der Waals surface area contributed by atoms with E-state index < -0.39 is 5.97 Å². The van der Waals surface area contributed by atoms with Gasteiger partial charge in [0.15, 0.2) is 0 Å². The number of aryl methyl sites for hydroxylation is 2. The molecule has 0 spiro atoms. The Kier molecular flexibility index (Phi) is 5.52. The molecule has 136 valence electrons. The summed E-state index contributed by atoms with van der Waals surface area (Å²) in [5.41, 5.74) is 7.17. The van der Waals surface area contributed by atoms with Crippen molar-refractivity contribution in [1.82, 2.24) is 0 Å². The highest BCUT2D eigenvalue weighted by molar-refractivity contribution is 5.88. The molecule has 0 aliphatic heterocycles. The molecule has 0 bridgehead atoms. The minimum atomic E-state index is -0.951. The smallest absolute Gasteiger partial charge is 0.335 e. The molecular formula is C22H20N2O3. The fourth-order valence-corrected chi connectivity index (χ4v) is 2.40. The second-order valence-corrected chi connectivity index (χ2v) is 6.17. The zero-order valence-electron chi connectivity index (χ0n) is 15.1. The van der Waals surface area contributed by atoms with Gasteiger partial charge in [0.1, 0.15) is 11.5 Å². The van der Waals surface area contributed by atoms with Crippen molar-refractivity contribution in [2.24, 2.45) is 5.10 Å². The first kappa shape index (κ1) is 18.2. The van der Waals surface area contributed by atoms with Crippen LogP contribution in [0, 0.1) is 13.8 Å². The van der Waals surface area contributed by atoms with Gasteiger partial charge in [-0.3, -0.25) is 5.43 Å². The molecule has 0 unspecified atom stereocenters. The van der Waals surface area contributed by atoms with Crippen molar-refractivity contribution in [1.29, 1.82) is 0 Å². The highest BCUT2D eigenvalue weighted by atomic mass is 16.5. The summed E-state index contributed by atoms with van der Waals surface area (Å²) >= 11 is 0. The maximum atomic E-state index is 10.8. The van der Waals surface area contributed by atoms with Crippen LogP contribution in [0.4, 0.5) is 5.69 Å². The van der Waals surface area contributed by atoms with Crippen molar-refractivity contribution >= 4 is 17.9 Å². The highest BCUT2D eigenvalue weighted by Crippen LogP contribution is 2.23. The minimum Gasteiger partial charge on any atom is -0.478 e. The van der Waals surface area contributed by atoms with Crippen molar-refractivity contribution in [3.05, 3.63) is 89.0 Å². The van der Waals surface area contributed by atoms with Crippen molar-refractivity contribution in [3.8, 4) is 11.5 Å². The van der Waals surface area contributed by atoms with E-state index >= 15 is 0 Å². The van der Waals surface area contributed by atoms with Gasteiger partial charge in [-0.05, 0) is 91.2 Å². The normalized spacial score (nSPS) is 10.7. The molecule has 0 atom stereocenters. The molecule has 3 aromatic carbocycles. The molecule has 3 aromatic rings. The van der Waals surface area contributed by atoms with E-state index in [0.29, 0.717) is 5.69 Å². The Balaban J connectivity index is 1.59. The van der Waals surface area contributed by atoms with Crippen LogP contribution in [0.2, 0.25) is 0 Å². The van der Waals surface area contributed by atoms with E-state index in [4.69, 9.17) is 9.84 Å². The van der Waals surface area contributed by atoms with Crippen molar-refractivity contribution in [2.75, 3.05) is 5.43 Å². The second kappa shape index (κ2) is 8.19. The number of anilines is 1. The molecular weight excluding hydrogens is 340 g/mol. The van der Waals surface area contributed by atoms with E-state index in [1.54, 1.807) is 18.3 Å². The van der Waals surface area contributed by atoms with Crippen LogP contribution < -0.4 is 10.2 Å². The lowest BCUT2D eigenvalue weighted by Crippen LogP contribution is -1.96. The molecule has 0 saturated carbocycles. The molecule has 0 saturated heterocycles. The number of carbonyl (C=O) groups is 1. The summed E-state index contributed by atoms with van der Waals surface area (Å²) in [5, 5.41) is 13.0. The molecule has 3 rings (SSSR count). The van der Waals surface area contributed by atoms with Crippen LogP contribution in [0.3, 0.4) is 0 Å². The fourth-order valence-electron chi connectivity index (χ4n) is 2.40. The molecule has 2 N–H and O–H groups in total. The third kappa shape index (κ3) is 4.95. The standard InChI is InChI=1S/C22H20N2O3/c1-15-3-10-21(13-16(15)2)27-20-11-4-17(5-12-20)14-23-24-19-8-6-18(7-9-19)22(25)26/h3-14,24H,1-2H3,(H,25,26). The van der Waals surface area contributed by atoms with E-state index in [1.807, 2.05) is 42.5 Å². The largest absolute Gasteiger partial charge is 0.478 e. The van der Waals surface area contributed by atoms with E-state index in [2.05, 4.69) is 24.4 Å². The number of aromatic carboxylic acids is 1. The molecule has 0 radical (unpaired) electrons. The van der Waals surface area contributed by atoms with Gasteiger partial charge in [0, 0.05) is 0 Å². The van der Waals surface area contributed by atoms with Gasteiger partial charge in [-0.15, -0.1) is 0 Å². The van der Waals surface area contributed by atoms with Crippen LogP contribution in [0.15, 0.2) is 71.8 Å². The molecule has 0 aromatic heterocycles. The second-order valence-electron chi connectivity index (χ2n) is 6.17. The van der Waals surface area contributed by atoms with Gasteiger partial charge in [0.05, 0.1) is 17.5 Å². The van der Waals surface area contributed by atoms with Crippen molar-refractivity contribution in [3.63, 3.8) is 0 Å². The van der Waals surface area contributed by atoms with E-state index in [-0.39, 0.29) is 5.56 Å². The first-order valence-electron chi connectivity index (χ1n) is 8.49. The molecule has 0 aliphatic rings. The van der Waals surface area contributed by atoms with Gasteiger partial charge in [-0.1, -0.05) is 6.07 Å². The van der Waals surface area contributed by atoms with Crippen LogP contribution in [0.1, 0.15) is 27.0 Å². The Morgan fingerprint density at radius 3 is 2.22 bits per heavy atom. The summed E-state index contributed by atoms with van der Waals surface area (Å²) in [6, 6.07) is 20.0. The van der Waals surface area contributed by atoms with Crippen LogP contribution >= 0.6 is 0 Å². The summed E-state index contributed by atoms with van der Waals surface area (Å²) in [5.74, 6) is 0.617. The molecule has 0 fully saturated rings. The number of hydrogen-bond acceptors (Lipinski definition) is 4. The Morgan fingerprint density at radius 2 is 1.59 bits per heavy atom. The van der Waals surface area contributed by atoms with E-state index in [9.17, 15) is 4.79 Å². The summed E-state index contributed by atoms with van der Waals surface area (Å²) in [4.78, 5) is 10.8. The average molecular weight is 360 g/mol. The zero-order chi connectivity index (χ0) is 19.2. The number of nitrogens with one attached hydrogen (secondary N) is 1. The average Bonchev–Trinajstić information content (AvgIpc) is 2.66. The minimum absolute atomic E-state index is 0.240. The van der Waals surface area contributed by atoms with Crippen LogP contribution in [0.5, 0.6) is 11.5 Å². The number of hydrogen-bond donors (Lipinski definition) is 2. The van der Waals surface area contributed by atoms with Crippen LogP contribution in [-0.4, -0.2) is 17.3 Å². The number of nitrogens with zero attached hydrogens (tertiary/aromatic N) is 1. The van der Waals surface area contributed by atoms with Gasteiger partial charge in [0.25, 0.3) is 0 Å². The van der Waals surface area contributed by atoms with E-state index in [0.717, 1.165) is 17.1 Å². The summed E-state index contributed by atoms with van der Waals surface area (Å²) in [7, 11) is 0. The first-order valence-corrected chi connectivity index (χ1v) is 8.49. The van der Waals surface area contributed by atoms with Crippen LogP contribution in [-0.2, 0) is 0 Å². The lowest BCUT2D eigenvalue weighted by molar-refractivity contribution is 0.0697. The Hall–Kier alpha value is -3.60. The summed E-state index contributed by atoms with van der Waals surface area (Å²) < 4.78 is 5.87. The molecule has 5 nitrogen and oxygen atoms in total. The summed E-state index contributed by atoms with van der Waals surface area (Å²) in [6.45, 7) is 4.13. The zero-order valence-corrected chi connectivity index (χ0v) is 15.1. The molecule has 0 amide bonds. The number of carboxylic acids is 1. The van der Waals surface area contributed by atoms with E-state index in [1.165, 1.54) is 23.3 Å². The van der Waals surface area contributed by atoms with Gasteiger partial charge in [-0.25, -0.2) is 4.79 Å². The number of carboxylic acid groups (broad SMARTS) is 1. The summed E-state index contributed by atoms with van der Waals surface area (Å²) in [6.07, 6.45) is 1.69. The Labute approximate surface area is 157 Å². The quantitative estimate of drug-likeness (QED) is 0.466. The SMILES string of the molecule is Cc1ccc(Oc2ccc(C=NNc3ccc(C(=O)O)cc3)cc2)cc1C. The van der Waals surface area contributed by atoms with Gasteiger partial charge >= 0.3 is 5.97 Å². The van der Waals surface area contributed by atoms with Gasteiger partial charge < -0.3 is 9.84 Å². The fraction of sp³-hybridized carbons (Fsp3) is 0.0909. The highest BCUT2D eigenvalue weighted by Gasteiger charge is 2.01. The topological polar surface area (TPSA) is 70.9 Å². The van der Waals surface area contributed by atoms with Crippen LogP contribution in [0.25, 0.3) is 0 Å². The first-order chi connectivity index (χ1) is 13.0. The van der Waals surface area contributed by atoms with Crippen molar-refractivity contribution < 1.29 is 14.6 Å². The third-order valence-electron chi connectivity index (χ3n) is 4.13. The molecule has 0 heterocycles. The number of ether oxygens (including phenoxy) is 1. The Bertz CT molecular complexity index is 962. The number of rotatable bonds is 6. The predicted octanol–water partition coefficient (Wildman–Crippen LogP) is 5.24. The molecule has 27 heavy (non-hydrogen) atoms. The predicted molar refractivity (Wildman–Crippen MR) is 107 cm³/mol. The van der Waals surface area contributed by atoms with Gasteiger partial charge in [-0.2, -0.15) is 5.10 Å². The number of hydrazone groups is 1. The number of benzene rings is 3. The Morgan fingerprint density at radius 1 is 0.926 bits per heavy atom. The monoisotopic (exact) mass is 360 g/mol. The lowest BCUT2D eigenvalue weighted by Gasteiger charge is -2.08. The molecule has 0 aliphatic carbocycles. The van der Waals surface area contributed by atoms with Crippen molar-refractivity contribution in [2.45, 2.75) is 13.8 Å². The van der Waals surface area contributed by atoms with Gasteiger partial charge in [0.2, 0.25) is 0 Å².